The topological polar surface area (TPSA) is 20.2 Å². The van der Waals surface area contributed by atoms with Gasteiger partial charge in [0.1, 0.15) is 0 Å². The summed E-state index contributed by atoms with van der Waals surface area (Å²) in [6.45, 7) is 10.0. The lowest BCUT2D eigenvalue weighted by atomic mass is 9.80. The molecule has 1 aliphatic rings. The monoisotopic (exact) mass is 322 g/mol. The van der Waals surface area contributed by atoms with E-state index in [0.717, 1.165) is 24.2 Å². The van der Waals surface area contributed by atoms with E-state index in [4.69, 9.17) is 5.11 Å². The van der Waals surface area contributed by atoms with Crippen molar-refractivity contribution in [3.05, 3.63) is 11.1 Å². The second-order valence-corrected chi connectivity index (χ2v) is 8.35. The van der Waals surface area contributed by atoms with Crippen LogP contribution in [0.3, 0.4) is 0 Å². The first-order valence-electron chi connectivity index (χ1n) is 10.3. The fourth-order valence-corrected chi connectivity index (χ4v) is 4.18. The minimum Gasteiger partial charge on any atom is -0.396 e. The molecule has 1 heteroatoms. The summed E-state index contributed by atoms with van der Waals surface area (Å²) < 4.78 is 0. The molecular formula is C22H42O. The fourth-order valence-electron chi connectivity index (χ4n) is 4.18. The highest BCUT2D eigenvalue weighted by molar-refractivity contribution is 5.17. The van der Waals surface area contributed by atoms with Gasteiger partial charge in [-0.2, -0.15) is 0 Å². The molecule has 0 saturated heterocycles. The van der Waals surface area contributed by atoms with Crippen LogP contribution in [0.5, 0.6) is 0 Å². The van der Waals surface area contributed by atoms with Gasteiger partial charge in [-0.1, -0.05) is 70.4 Å². The van der Waals surface area contributed by atoms with E-state index >= 15 is 0 Å². The third-order valence-electron chi connectivity index (χ3n) is 5.99. The number of aliphatic hydroxyl groups excluding tert-OH is 1. The highest BCUT2D eigenvalue weighted by atomic mass is 16.2. The lowest BCUT2D eigenvalue weighted by Crippen LogP contribution is -2.09. The Balaban J connectivity index is 2.11. The molecule has 23 heavy (non-hydrogen) atoms. The first-order valence-corrected chi connectivity index (χ1v) is 10.3. The molecular weight excluding hydrogens is 280 g/mol. The zero-order valence-corrected chi connectivity index (χ0v) is 16.4. The Morgan fingerprint density at radius 3 is 2.26 bits per heavy atom. The van der Waals surface area contributed by atoms with Gasteiger partial charge in [0.05, 0.1) is 0 Å². The van der Waals surface area contributed by atoms with Crippen molar-refractivity contribution in [3.63, 3.8) is 0 Å². The van der Waals surface area contributed by atoms with Crippen LogP contribution in [0.15, 0.2) is 11.1 Å². The predicted molar refractivity (Wildman–Crippen MR) is 103 cm³/mol. The Morgan fingerprint density at radius 1 is 0.957 bits per heavy atom. The molecule has 0 radical (unpaired) electrons. The van der Waals surface area contributed by atoms with Gasteiger partial charge in [0.2, 0.25) is 0 Å². The fraction of sp³-hybridized carbons (Fsp3) is 0.909. The van der Waals surface area contributed by atoms with E-state index in [1.54, 1.807) is 11.1 Å². The van der Waals surface area contributed by atoms with Gasteiger partial charge < -0.3 is 5.11 Å². The molecule has 1 aliphatic carbocycles. The van der Waals surface area contributed by atoms with Crippen molar-refractivity contribution >= 4 is 0 Å². The Morgan fingerprint density at radius 2 is 1.61 bits per heavy atom. The highest BCUT2D eigenvalue weighted by Gasteiger charge is 2.17. The molecule has 0 fully saturated rings. The maximum atomic E-state index is 8.81. The average Bonchev–Trinajstić information content (AvgIpc) is 2.51. The molecule has 0 aromatic heterocycles. The highest BCUT2D eigenvalue weighted by Crippen LogP contribution is 2.33. The standard InChI is InChI=1S/C22H42O/c1-18(10-6-5-7-17-23)11-8-12-19(2)15-16-22-20(3)13-9-14-21(22)4/h18-20,23H,5-17H2,1-4H3. The van der Waals surface area contributed by atoms with Crippen LogP contribution in [-0.2, 0) is 0 Å². The molecule has 0 spiro atoms. The molecule has 0 aliphatic heterocycles. The second-order valence-electron chi connectivity index (χ2n) is 8.35. The summed E-state index contributed by atoms with van der Waals surface area (Å²) in [4.78, 5) is 0. The van der Waals surface area contributed by atoms with Gasteiger partial charge in [0.25, 0.3) is 0 Å². The van der Waals surface area contributed by atoms with E-state index in [1.807, 2.05) is 0 Å². The summed E-state index contributed by atoms with van der Waals surface area (Å²) >= 11 is 0. The van der Waals surface area contributed by atoms with Gasteiger partial charge in [0, 0.05) is 6.61 Å². The lowest BCUT2D eigenvalue weighted by Gasteiger charge is -2.25. The summed E-state index contributed by atoms with van der Waals surface area (Å²) in [5.74, 6) is 2.59. The minimum atomic E-state index is 0.362. The van der Waals surface area contributed by atoms with E-state index < -0.39 is 0 Å². The van der Waals surface area contributed by atoms with Crippen LogP contribution in [0, 0.1) is 17.8 Å². The van der Waals surface area contributed by atoms with Crippen LogP contribution in [0.1, 0.15) is 105 Å². The quantitative estimate of drug-likeness (QED) is 0.306. The third kappa shape index (κ3) is 8.94. The molecule has 136 valence electrons. The van der Waals surface area contributed by atoms with E-state index in [2.05, 4.69) is 27.7 Å². The first-order chi connectivity index (χ1) is 11.0. The number of hydrogen-bond acceptors (Lipinski definition) is 1. The van der Waals surface area contributed by atoms with Crippen molar-refractivity contribution in [2.24, 2.45) is 17.8 Å². The molecule has 0 aromatic rings. The molecule has 1 N–H and O–H groups in total. The molecule has 0 saturated carbocycles. The van der Waals surface area contributed by atoms with E-state index in [-0.39, 0.29) is 0 Å². The number of hydrogen-bond donors (Lipinski definition) is 1. The van der Waals surface area contributed by atoms with Crippen molar-refractivity contribution in [3.8, 4) is 0 Å². The summed E-state index contributed by atoms with van der Waals surface area (Å²) in [5.41, 5.74) is 3.49. The molecule has 0 heterocycles. The van der Waals surface area contributed by atoms with Crippen LogP contribution >= 0.6 is 0 Å². The molecule has 3 atom stereocenters. The average molecular weight is 323 g/mol. The lowest BCUT2D eigenvalue weighted by molar-refractivity contribution is 0.280. The van der Waals surface area contributed by atoms with Crippen molar-refractivity contribution in [2.45, 2.75) is 105 Å². The van der Waals surface area contributed by atoms with E-state index in [1.165, 1.54) is 70.6 Å². The van der Waals surface area contributed by atoms with Gasteiger partial charge in [-0.15, -0.1) is 0 Å². The van der Waals surface area contributed by atoms with Crippen molar-refractivity contribution < 1.29 is 5.11 Å². The Hall–Kier alpha value is -0.300. The van der Waals surface area contributed by atoms with E-state index in [9.17, 15) is 0 Å². The van der Waals surface area contributed by atoms with Gasteiger partial charge in [0.15, 0.2) is 0 Å². The van der Waals surface area contributed by atoms with Crippen LogP contribution in [0.4, 0.5) is 0 Å². The minimum absolute atomic E-state index is 0.362. The Bertz CT molecular complexity index is 331. The van der Waals surface area contributed by atoms with Gasteiger partial charge >= 0.3 is 0 Å². The summed E-state index contributed by atoms with van der Waals surface area (Å²) in [5, 5.41) is 8.81. The SMILES string of the molecule is CC1=C(CCC(C)CCCC(C)CCCCCO)C(C)CCC1. The number of aliphatic hydroxyl groups is 1. The maximum absolute atomic E-state index is 8.81. The second kappa shape index (κ2) is 12.1. The molecule has 0 aromatic carbocycles. The first kappa shape index (κ1) is 20.7. The Labute approximate surface area is 146 Å². The third-order valence-corrected chi connectivity index (χ3v) is 5.99. The molecule has 1 nitrogen and oxygen atoms in total. The van der Waals surface area contributed by atoms with Crippen LogP contribution in [0.2, 0.25) is 0 Å². The van der Waals surface area contributed by atoms with Crippen LogP contribution in [-0.4, -0.2) is 11.7 Å². The van der Waals surface area contributed by atoms with Gasteiger partial charge in [-0.3, -0.25) is 0 Å². The largest absolute Gasteiger partial charge is 0.396 e. The van der Waals surface area contributed by atoms with Crippen molar-refractivity contribution in [1.29, 1.82) is 0 Å². The zero-order chi connectivity index (χ0) is 17.1. The summed E-state index contributed by atoms with van der Waals surface area (Å²) in [6, 6.07) is 0. The molecule has 1 rings (SSSR count). The van der Waals surface area contributed by atoms with Crippen LogP contribution in [0.25, 0.3) is 0 Å². The normalized spacial score (nSPS) is 21.5. The smallest absolute Gasteiger partial charge is 0.0431 e. The molecule has 0 bridgehead atoms. The molecule has 3 unspecified atom stereocenters. The van der Waals surface area contributed by atoms with Gasteiger partial charge in [-0.05, 0) is 63.2 Å². The van der Waals surface area contributed by atoms with Crippen LogP contribution < -0.4 is 0 Å². The number of allylic oxidation sites excluding steroid dienone is 2. The summed E-state index contributed by atoms with van der Waals surface area (Å²) in [6.07, 6.45) is 15.9. The summed E-state index contributed by atoms with van der Waals surface area (Å²) in [7, 11) is 0. The zero-order valence-electron chi connectivity index (χ0n) is 16.4. The van der Waals surface area contributed by atoms with Crippen molar-refractivity contribution in [1.82, 2.24) is 0 Å². The number of rotatable bonds is 12. The van der Waals surface area contributed by atoms with Gasteiger partial charge in [-0.25, -0.2) is 0 Å². The Kier molecular flexibility index (Phi) is 10.9. The van der Waals surface area contributed by atoms with E-state index in [0.29, 0.717) is 6.61 Å². The number of unbranched alkanes of at least 4 members (excludes halogenated alkanes) is 2. The predicted octanol–water partition coefficient (Wildman–Crippen LogP) is 6.90. The molecule has 0 amide bonds. The van der Waals surface area contributed by atoms with Crippen molar-refractivity contribution in [2.75, 3.05) is 6.61 Å². The maximum Gasteiger partial charge on any atom is 0.0431 e.